The number of hydrogen-bond donors (Lipinski definition) is 0. The number of imidazole rings is 1. The van der Waals surface area contributed by atoms with Crippen molar-refractivity contribution < 1.29 is 9.53 Å². The first-order chi connectivity index (χ1) is 16.0. The molecule has 1 aromatic heterocycles. The highest BCUT2D eigenvalue weighted by Crippen LogP contribution is 2.30. The third-order valence-corrected chi connectivity index (χ3v) is 7.10. The normalized spacial score (nSPS) is 17.4. The van der Waals surface area contributed by atoms with Crippen LogP contribution in [0, 0.1) is 5.92 Å². The van der Waals surface area contributed by atoms with Crippen LogP contribution in [0.15, 0.2) is 53.0 Å². The molecule has 33 heavy (non-hydrogen) atoms. The van der Waals surface area contributed by atoms with Crippen molar-refractivity contribution in [3.8, 4) is 0 Å². The van der Waals surface area contributed by atoms with Gasteiger partial charge in [0, 0.05) is 50.2 Å². The average Bonchev–Trinajstić information content (AvgIpc) is 3.19. The van der Waals surface area contributed by atoms with Crippen LogP contribution in [-0.4, -0.2) is 47.2 Å². The molecule has 0 bridgehead atoms. The number of fused-ring (bicyclic) bond motifs is 1. The van der Waals surface area contributed by atoms with E-state index < -0.39 is 0 Å². The number of hydrogen-bond acceptors (Lipinski definition) is 3. The minimum Gasteiger partial charge on any atom is -0.385 e. The molecule has 4 rings (SSSR count). The highest BCUT2D eigenvalue weighted by Gasteiger charge is 2.29. The third kappa shape index (κ3) is 6.04. The topological polar surface area (TPSA) is 47.4 Å². The van der Waals surface area contributed by atoms with Gasteiger partial charge >= 0.3 is 0 Å². The number of carbonyl (C=O) groups is 1. The van der Waals surface area contributed by atoms with Gasteiger partial charge in [0.2, 0.25) is 5.91 Å². The highest BCUT2D eigenvalue weighted by atomic mass is 79.9. The Morgan fingerprint density at radius 2 is 2.00 bits per heavy atom. The van der Waals surface area contributed by atoms with Crippen molar-refractivity contribution in [1.29, 1.82) is 0 Å². The average molecular weight is 512 g/mol. The van der Waals surface area contributed by atoms with Crippen LogP contribution < -0.4 is 0 Å². The summed E-state index contributed by atoms with van der Waals surface area (Å²) in [4.78, 5) is 20.3. The van der Waals surface area contributed by atoms with E-state index in [1.165, 1.54) is 11.1 Å². The predicted octanol–water partition coefficient (Wildman–Crippen LogP) is 5.81. The number of ether oxygens (including phenoxy) is 1. The molecule has 1 saturated heterocycles. The Balaban J connectivity index is 1.43. The number of amides is 1. The molecular formula is C27H34BrN3O2. The summed E-state index contributed by atoms with van der Waals surface area (Å²) in [5.74, 6) is 1.98. The van der Waals surface area contributed by atoms with E-state index in [0.717, 1.165) is 67.7 Å². The number of methoxy groups -OCH3 is 1. The zero-order chi connectivity index (χ0) is 23.2. The van der Waals surface area contributed by atoms with Gasteiger partial charge in [0.25, 0.3) is 0 Å². The molecule has 1 aliphatic rings. The molecule has 0 unspecified atom stereocenters. The van der Waals surface area contributed by atoms with Crippen molar-refractivity contribution >= 4 is 32.9 Å². The molecule has 0 spiro atoms. The van der Waals surface area contributed by atoms with Crippen molar-refractivity contribution in [2.24, 2.45) is 5.92 Å². The first-order valence-electron chi connectivity index (χ1n) is 12.0. The van der Waals surface area contributed by atoms with E-state index in [1.54, 1.807) is 7.11 Å². The smallest absolute Gasteiger partial charge is 0.222 e. The minimum absolute atomic E-state index is 0.270. The number of piperidine rings is 1. The maximum Gasteiger partial charge on any atom is 0.222 e. The fourth-order valence-electron chi connectivity index (χ4n) is 4.94. The Morgan fingerprint density at radius 3 is 2.79 bits per heavy atom. The number of benzene rings is 2. The van der Waals surface area contributed by atoms with E-state index in [2.05, 4.69) is 74.8 Å². The van der Waals surface area contributed by atoms with E-state index in [0.29, 0.717) is 12.3 Å². The van der Waals surface area contributed by atoms with Crippen molar-refractivity contribution in [2.45, 2.75) is 51.5 Å². The van der Waals surface area contributed by atoms with Gasteiger partial charge < -0.3 is 14.2 Å². The van der Waals surface area contributed by atoms with E-state index >= 15 is 0 Å². The summed E-state index contributed by atoms with van der Waals surface area (Å²) in [5.41, 5.74) is 3.49. The lowest BCUT2D eigenvalue weighted by molar-refractivity contribution is -0.133. The van der Waals surface area contributed by atoms with Crippen molar-refractivity contribution in [3.63, 3.8) is 0 Å². The van der Waals surface area contributed by atoms with Crippen LogP contribution in [0.4, 0.5) is 0 Å². The molecule has 2 aromatic carbocycles. The summed E-state index contributed by atoms with van der Waals surface area (Å²) in [6.07, 6.45) is 4.57. The van der Waals surface area contributed by atoms with Crippen molar-refractivity contribution in [1.82, 2.24) is 14.5 Å². The van der Waals surface area contributed by atoms with Crippen LogP contribution in [0.3, 0.4) is 0 Å². The van der Waals surface area contributed by atoms with Crippen LogP contribution in [0.2, 0.25) is 0 Å². The quantitative estimate of drug-likeness (QED) is 0.340. The Bertz CT molecular complexity index is 1060. The molecule has 0 radical (unpaired) electrons. The summed E-state index contributed by atoms with van der Waals surface area (Å²) in [5, 5.41) is 0. The molecule has 1 amide bonds. The van der Waals surface area contributed by atoms with Gasteiger partial charge in [-0.3, -0.25) is 4.79 Å². The van der Waals surface area contributed by atoms with Gasteiger partial charge in [0.05, 0.1) is 11.0 Å². The second kappa shape index (κ2) is 11.3. The second-order valence-electron chi connectivity index (χ2n) is 9.28. The van der Waals surface area contributed by atoms with E-state index in [-0.39, 0.29) is 11.8 Å². The Kier molecular flexibility index (Phi) is 8.20. The van der Waals surface area contributed by atoms with Gasteiger partial charge in [-0.15, -0.1) is 0 Å². The van der Waals surface area contributed by atoms with E-state index in [1.807, 2.05) is 6.07 Å². The second-order valence-corrected chi connectivity index (χ2v) is 10.2. The van der Waals surface area contributed by atoms with Crippen LogP contribution in [0.25, 0.3) is 11.0 Å². The number of aryl methyl sites for hydroxylation is 1. The summed E-state index contributed by atoms with van der Waals surface area (Å²) >= 11 is 3.49. The molecule has 1 fully saturated rings. The number of likely N-dealkylation sites (tertiary alicyclic amines) is 1. The zero-order valence-electron chi connectivity index (χ0n) is 19.7. The fraction of sp³-hybridized carbons (Fsp3) is 0.481. The van der Waals surface area contributed by atoms with Gasteiger partial charge in [-0.2, -0.15) is 0 Å². The molecule has 5 nitrogen and oxygen atoms in total. The Hall–Kier alpha value is -2.18. The lowest BCUT2D eigenvalue weighted by Crippen LogP contribution is -2.40. The lowest BCUT2D eigenvalue weighted by atomic mass is 9.94. The van der Waals surface area contributed by atoms with E-state index in [4.69, 9.17) is 9.72 Å². The summed E-state index contributed by atoms with van der Waals surface area (Å²) in [7, 11) is 1.75. The SMILES string of the molecule is COCCCn1c([C@@H]2CCCN(C(=O)C[C@H](C)Cc3ccc(Br)cc3)C2)nc2ccccc21. The van der Waals surface area contributed by atoms with Crippen LogP contribution in [-0.2, 0) is 22.5 Å². The number of para-hydroxylation sites is 2. The third-order valence-electron chi connectivity index (χ3n) is 6.57. The molecule has 2 heterocycles. The van der Waals surface area contributed by atoms with Gasteiger partial charge in [-0.05, 0) is 61.4 Å². The Morgan fingerprint density at radius 1 is 1.21 bits per heavy atom. The van der Waals surface area contributed by atoms with Crippen molar-refractivity contribution in [3.05, 3.63) is 64.4 Å². The molecule has 3 aromatic rings. The standard InChI is InChI=1S/C27H34BrN3O2/c1-20(17-21-10-12-23(28)13-11-21)18-26(32)30-14-5-7-22(19-30)27-29-24-8-3-4-9-25(24)31(27)15-6-16-33-2/h3-4,8-13,20,22H,5-7,14-19H2,1-2H3/t20-,22-/m1/s1. The molecule has 0 saturated carbocycles. The summed E-state index contributed by atoms with van der Waals surface area (Å²) in [6, 6.07) is 16.8. The van der Waals surface area contributed by atoms with Crippen LogP contribution in [0.1, 0.15) is 49.9 Å². The molecule has 1 aliphatic heterocycles. The number of nitrogens with zero attached hydrogens (tertiary/aromatic N) is 3. The number of carbonyl (C=O) groups excluding carboxylic acids is 1. The highest BCUT2D eigenvalue weighted by molar-refractivity contribution is 9.10. The number of rotatable bonds is 9. The van der Waals surface area contributed by atoms with Crippen molar-refractivity contribution in [2.75, 3.05) is 26.8 Å². The lowest BCUT2D eigenvalue weighted by Gasteiger charge is -2.33. The molecule has 2 atom stereocenters. The number of aromatic nitrogens is 2. The predicted molar refractivity (Wildman–Crippen MR) is 136 cm³/mol. The van der Waals surface area contributed by atoms with Gasteiger partial charge in [-0.25, -0.2) is 4.98 Å². The molecule has 6 heteroatoms. The zero-order valence-corrected chi connectivity index (χ0v) is 21.3. The number of halogens is 1. The van der Waals surface area contributed by atoms with Crippen LogP contribution in [0.5, 0.6) is 0 Å². The maximum atomic E-state index is 13.2. The monoisotopic (exact) mass is 511 g/mol. The van der Waals surface area contributed by atoms with Gasteiger partial charge in [0.15, 0.2) is 0 Å². The Labute approximate surface area is 205 Å². The first kappa shape index (κ1) is 24.0. The molecule has 0 aliphatic carbocycles. The minimum atomic E-state index is 0.270. The summed E-state index contributed by atoms with van der Waals surface area (Å²) < 4.78 is 8.72. The van der Waals surface area contributed by atoms with Gasteiger partial charge in [-0.1, -0.05) is 47.1 Å². The largest absolute Gasteiger partial charge is 0.385 e. The van der Waals surface area contributed by atoms with Gasteiger partial charge in [0.1, 0.15) is 5.82 Å². The fourth-order valence-corrected chi connectivity index (χ4v) is 5.21. The first-order valence-corrected chi connectivity index (χ1v) is 12.8. The molecular weight excluding hydrogens is 478 g/mol. The summed E-state index contributed by atoms with van der Waals surface area (Å²) in [6.45, 7) is 5.41. The molecule has 176 valence electrons. The maximum absolute atomic E-state index is 13.2. The van der Waals surface area contributed by atoms with E-state index in [9.17, 15) is 4.79 Å². The molecule has 0 N–H and O–H groups in total. The van der Waals surface area contributed by atoms with Crippen LogP contribution >= 0.6 is 15.9 Å².